The number of nitrogens with one attached hydrogen (secondary N) is 6. The molecule has 0 aliphatic heterocycles. The van der Waals surface area contributed by atoms with Crippen molar-refractivity contribution >= 4 is 46.7 Å². The van der Waals surface area contributed by atoms with Crippen molar-refractivity contribution in [3.05, 3.63) is 36.0 Å². The fourth-order valence-corrected chi connectivity index (χ4v) is 6.80. The number of hydrogen-bond acceptors (Lipinski definition) is 8. The normalized spacial score (nSPS) is 13.9. The van der Waals surface area contributed by atoms with Crippen molar-refractivity contribution in [1.82, 2.24) is 31.6 Å². The van der Waals surface area contributed by atoms with Crippen molar-refractivity contribution in [2.45, 2.75) is 167 Å². The molecule has 56 heavy (non-hydrogen) atoms. The van der Waals surface area contributed by atoms with E-state index in [4.69, 9.17) is 11.5 Å². The lowest BCUT2D eigenvalue weighted by atomic mass is 9.99. The summed E-state index contributed by atoms with van der Waals surface area (Å²) in [5.74, 6) is -0.607. The Balaban J connectivity index is 2.06. The number of amides is 5. The molecule has 0 unspecified atom stereocenters. The van der Waals surface area contributed by atoms with Gasteiger partial charge >= 0.3 is 0 Å². The number of H-pyrrole nitrogens is 1. The first-order chi connectivity index (χ1) is 27.0. The molecule has 14 nitrogen and oxygen atoms in total. The first-order valence-corrected chi connectivity index (χ1v) is 20.8. The predicted molar refractivity (Wildman–Crippen MR) is 221 cm³/mol. The Hall–Kier alpha value is -4.30. The van der Waals surface area contributed by atoms with Gasteiger partial charge in [-0.1, -0.05) is 38.0 Å². The number of rotatable bonds is 31. The minimum atomic E-state index is -0.331. The fourth-order valence-electron chi connectivity index (χ4n) is 6.80. The zero-order chi connectivity index (χ0) is 41.1. The van der Waals surface area contributed by atoms with Crippen LogP contribution >= 0.6 is 0 Å². The van der Waals surface area contributed by atoms with E-state index in [1.165, 1.54) is 0 Å². The van der Waals surface area contributed by atoms with E-state index in [1.54, 1.807) is 6.92 Å². The average molecular weight is 783 g/mol. The number of fused-ring (bicyclic) bond motifs is 1. The first kappa shape index (κ1) is 47.9. The highest BCUT2D eigenvalue weighted by Gasteiger charge is 2.21. The van der Waals surface area contributed by atoms with Gasteiger partial charge in [-0.15, -0.1) is 0 Å². The van der Waals surface area contributed by atoms with Gasteiger partial charge in [-0.2, -0.15) is 0 Å². The van der Waals surface area contributed by atoms with E-state index < -0.39 is 0 Å². The molecule has 14 heteroatoms. The number of hydrogen-bond donors (Lipinski definition) is 8. The van der Waals surface area contributed by atoms with Gasteiger partial charge in [0, 0.05) is 85.8 Å². The van der Waals surface area contributed by atoms with Gasteiger partial charge in [-0.3, -0.25) is 24.0 Å². The second-order valence-electron chi connectivity index (χ2n) is 15.2. The smallest absolute Gasteiger partial charge is 0.220 e. The van der Waals surface area contributed by atoms with Crippen LogP contribution in [0.2, 0.25) is 0 Å². The summed E-state index contributed by atoms with van der Waals surface area (Å²) in [5, 5.41) is 16.2. The molecule has 314 valence electrons. The van der Waals surface area contributed by atoms with Crippen LogP contribution < -0.4 is 38.1 Å². The third-order valence-corrected chi connectivity index (χ3v) is 9.96. The molecule has 0 aliphatic rings. The molecule has 10 N–H and O–H groups in total. The number of carbonyl (C=O) groups is 6. The summed E-state index contributed by atoms with van der Waals surface area (Å²) in [7, 11) is 0. The van der Waals surface area contributed by atoms with E-state index in [0.29, 0.717) is 64.5 Å². The summed E-state index contributed by atoms with van der Waals surface area (Å²) in [6, 6.07) is 6.85. The van der Waals surface area contributed by atoms with Gasteiger partial charge in [0.15, 0.2) is 0 Å². The summed E-state index contributed by atoms with van der Waals surface area (Å²) in [4.78, 5) is 78.3. The molecule has 1 aromatic heterocycles. The van der Waals surface area contributed by atoms with Crippen LogP contribution in [0, 0.1) is 0 Å². The topological polar surface area (TPSA) is 230 Å². The molecule has 1 heterocycles. The average Bonchev–Trinajstić information content (AvgIpc) is 3.56. The monoisotopic (exact) mass is 783 g/mol. The van der Waals surface area contributed by atoms with Crippen LogP contribution in [-0.2, 0) is 35.2 Å². The maximum absolute atomic E-state index is 13.5. The van der Waals surface area contributed by atoms with E-state index in [2.05, 4.69) is 31.6 Å². The van der Waals surface area contributed by atoms with Gasteiger partial charge < -0.3 is 47.8 Å². The zero-order valence-corrected chi connectivity index (χ0v) is 34.1. The van der Waals surface area contributed by atoms with Gasteiger partial charge in [0.05, 0.1) is 0 Å². The molecule has 0 aliphatic carbocycles. The number of benzene rings is 1. The first-order valence-electron chi connectivity index (χ1n) is 20.8. The molecule has 1 aromatic carbocycles. The lowest BCUT2D eigenvalue weighted by molar-refractivity contribution is -0.125. The van der Waals surface area contributed by atoms with Crippen molar-refractivity contribution in [1.29, 1.82) is 0 Å². The van der Waals surface area contributed by atoms with Gasteiger partial charge in [-0.25, -0.2) is 0 Å². The molecule has 0 spiro atoms. The summed E-state index contributed by atoms with van der Waals surface area (Å²) in [6.45, 7) is 6.71. The fraction of sp³-hybridized carbons (Fsp3) is 0.667. The van der Waals surface area contributed by atoms with E-state index in [1.807, 2.05) is 44.3 Å². The van der Waals surface area contributed by atoms with Crippen molar-refractivity contribution in [3.63, 3.8) is 0 Å². The number of para-hydroxylation sites is 1. The minimum absolute atomic E-state index is 0.0166. The second kappa shape index (κ2) is 28.1. The van der Waals surface area contributed by atoms with Crippen molar-refractivity contribution in [2.75, 3.05) is 13.1 Å². The SMILES string of the molecule is CCCC(=O)N[C@@H](C)CCC(=O)N[C@@H](CCCCN)CCC(=O)N[C@H](CCC(=O)N[C@@H](CCCCN)CCC(=O)N[C@@H](C)CC=O)Cc1c[nH]c2ccccc12. The summed E-state index contributed by atoms with van der Waals surface area (Å²) < 4.78 is 0. The molecule has 2 aromatic rings. The third-order valence-electron chi connectivity index (χ3n) is 9.96. The molecular weight excluding hydrogens is 713 g/mol. The third kappa shape index (κ3) is 20.6. The Morgan fingerprint density at radius 1 is 0.625 bits per heavy atom. The summed E-state index contributed by atoms with van der Waals surface area (Å²) in [6.07, 6.45) is 12.1. The number of unbranched alkanes of at least 4 members (excludes halogenated alkanes) is 2. The molecule has 0 radical (unpaired) electrons. The van der Waals surface area contributed by atoms with Gasteiger partial charge in [0.25, 0.3) is 0 Å². The van der Waals surface area contributed by atoms with Crippen LogP contribution in [0.5, 0.6) is 0 Å². The minimum Gasteiger partial charge on any atom is -0.361 e. The van der Waals surface area contributed by atoms with E-state index in [-0.39, 0.29) is 91.8 Å². The Kier molecular flexibility index (Phi) is 24.1. The molecule has 0 fully saturated rings. The second-order valence-corrected chi connectivity index (χ2v) is 15.2. The standard InChI is InChI=1S/C42H70N8O6/c1-4-11-38(52)46-30(2)16-20-40(54)48-34(13-8-10-26-44)18-22-42(56)50-35(28-32-29-45-37-15-6-5-14-36(32)37)19-23-41(55)49-33(12-7-9-25-43)17-21-39(53)47-31(3)24-27-51/h5-6,14-15,27,29-31,33-35,45H,4,7-13,16-26,28,43-44H2,1-3H3,(H,46,52)(H,47,53)(H,48,54)(H,49,55)(H,50,56)/t30-,31-,33-,34-,35+/m0/s1. The Labute approximate surface area is 333 Å². The van der Waals surface area contributed by atoms with Crippen molar-refractivity contribution in [2.24, 2.45) is 11.5 Å². The molecular formula is C42H70N8O6. The van der Waals surface area contributed by atoms with Crippen LogP contribution in [-0.4, -0.2) is 84.1 Å². The number of aromatic nitrogens is 1. The quantitative estimate of drug-likeness (QED) is 0.0412. The molecule has 0 saturated carbocycles. The van der Waals surface area contributed by atoms with Gasteiger partial charge in [0.1, 0.15) is 6.29 Å². The van der Waals surface area contributed by atoms with Crippen LogP contribution in [0.15, 0.2) is 30.5 Å². The van der Waals surface area contributed by atoms with Crippen LogP contribution in [0.25, 0.3) is 10.9 Å². The lowest BCUT2D eigenvalue weighted by Gasteiger charge is -2.23. The summed E-state index contributed by atoms with van der Waals surface area (Å²) in [5.41, 5.74) is 13.5. The maximum Gasteiger partial charge on any atom is 0.220 e. The van der Waals surface area contributed by atoms with Crippen molar-refractivity contribution < 1.29 is 28.8 Å². The van der Waals surface area contributed by atoms with E-state index in [9.17, 15) is 28.8 Å². The largest absolute Gasteiger partial charge is 0.361 e. The highest BCUT2D eigenvalue weighted by atomic mass is 16.2. The summed E-state index contributed by atoms with van der Waals surface area (Å²) >= 11 is 0. The van der Waals surface area contributed by atoms with Crippen LogP contribution in [0.4, 0.5) is 0 Å². The maximum atomic E-state index is 13.5. The van der Waals surface area contributed by atoms with Gasteiger partial charge in [0.2, 0.25) is 29.5 Å². The number of aromatic amines is 1. The molecule has 0 saturated heterocycles. The molecule has 5 amide bonds. The van der Waals surface area contributed by atoms with E-state index >= 15 is 0 Å². The molecule has 0 bridgehead atoms. The number of nitrogens with two attached hydrogens (primary N) is 2. The highest BCUT2D eigenvalue weighted by molar-refractivity contribution is 5.83. The number of aldehydes is 1. The Bertz CT molecular complexity index is 1480. The van der Waals surface area contributed by atoms with Crippen LogP contribution in [0.1, 0.15) is 135 Å². The van der Waals surface area contributed by atoms with Crippen LogP contribution in [0.3, 0.4) is 0 Å². The van der Waals surface area contributed by atoms with Gasteiger partial charge in [-0.05, 0) is 103 Å². The highest BCUT2D eigenvalue weighted by Crippen LogP contribution is 2.21. The van der Waals surface area contributed by atoms with E-state index in [0.717, 1.165) is 54.9 Å². The Morgan fingerprint density at radius 2 is 1.11 bits per heavy atom. The lowest BCUT2D eigenvalue weighted by Crippen LogP contribution is -2.41. The van der Waals surface area contributed by atoms with Crippen molar-refractivity contribution in [3.8, 4) is 0 Å². The predicted octanol–water partition coefficient (Wildman–Crippen LogP) is 3.94. The molecule has 5 atom stereocenters. The molecule has 2 rings (SSSR count). The number of carbonyl (C=O) groups excluding carboxylic acids is 6. The Morgan fingerprint density at radius 3 is 1.66 bits per heavy atom. The zero-order valence-electron chi connectivity index (χ0n) is 34.1.